The average molecular weight is 344 g/mol. The van der Waals surface area contributed by atoms with Crippen molar-refractivity contribution in [2.24, 2.45) is 5.92 Å². The molecule has 0 saturated carbocycles. The molecule has 0 aromatic heterocycles. The lowest BCUT2D eigenvalue weighted by atomic mass is 10.2. The Morgan fingerprint density at radius 1 is 1.32 bits per heavy atom. The largest absolute Gasteiger partial charge is 0.484 e. The number of thiocarbonyl (C=S) groups is 1. The Bertz CT molecular complexity index is 578. The Morgan fingerprint density at radius 3 is 2.59 bits per heavy atom. The number of halogens is 1. The molecule has 0 aliphatic rings. The SMILES string of the molecule is Cc1cc(OCC(=O)NNC(=S)NC(=O)C(C)C)ccc1Cl. The molecule has 3 N–H and O–H groups in total. The number of benzene rings is 1. The third-order valence-corrected chi connectivity index (χ3v) is 3.20. The molecule has 2 amide bonds. The van der Waals surface area contributed by atoms with Crippen LogP contribution in [0.4, 0.5) is 0 Å². The van der Waals surface area contributed by atoms with Crippen molar-refractivity contribution in [3.05, 3.63) is 28.8 Å². The highest BCUT2D eigenvalue weighted by molar-refractivity contribution is 7.80. The minimum atomic E-state index is -0.436. The number of hydrazine groups is 1. The fraction of sp³-hybridized carbons (Fsp3) is 0.357. The van der Waals surface area contributed by atoms with Crippen LogP contribution in [0.1, 0.15) is 19.4 Å². The molecule has 0 radical (unpaired) electrons. The van der Waals surface area contributed by atoms with Gasteiger partial charge < -0.3 is 10.1 Å². The zero-order chi connectivity index (χ0) is 16.7. The van der Waals surface area contributed by atoms with Gasteiger partial charge in [-0.3, -0.25) is 20.4 Å². The van der Waals surface area contributed by atoms with Gasteiger partial charge in [-0.2, -0.15) is 0 Å². The highest BCUT2D eigenvalue weighted by atomic mass is 35.5. The number of hydrogen-bond donors (Lipinski definition) is 3. The summed E-state index contributed by atoms with van der Waals surface area (Å²) < 4.78 is 5.31. The highest BCUT2D eigenvalue weighted by Gasteiger charge is 2.09. The molecule has 120 valence electrons. The predicted molar refractivity (Wildman–Crippen MR) is 88.5 cm³/mol. The third-order valence-electron chi connectivity index (χ3n) is 2.58. The molecule has 1 rings (SSSR count). The van der Waals surface area contributed by atoms with E-state index < -0.39 is 5.91 Å². The molecule has 0 unspecified atom stereocenters. The minimum absolute atomic E-state index is 0.0226. The topological polar surface area (TPSA) is 79.5 Å². The molecule has 0 saturated heterocycles. The smallest absolute Gasteiger partial charge is 0.276 e. The Labute approximate surface area is 139 Å². The normalized spacial score (nSPS) is 10.0. The van der Waals surface area contributed by atoms with E-state index in [1.807, 2.05) is 6.92 Å². The van der Waals surface area contributed by atoms with Gasteiger partial charge in [-0.05, 0) is 42.9 Å². The molecule has 1 aromatic rings. The van der Waals surface area contributed by atoms with Crippen molar-refractivity contribution in [2.45, 2.75) is 20.8 Å². The van der Waals surface area contributed by atoms with Crippen LogP contribution in [0.25, 0.3) is 0 Å². The molecule has 0 spiro atoms. The Morgan fingerprint density at radius 2 is 2.00 bits per heavy atom. The molecule has 22 heavy (non-hydrogen) atoms. The maximum absolute atomic E-state index is 11.6. The van der Waals surface area contributed by atoms with Gasteiger partial charge in [0.2, 0.25) is 5.91 Å². The molecule has 0 aliphatic heterocycles. The quantitative estimate of drug-likeness (QED) is 0.573. The van der Waals surface area contributed by atoms with Gasteiger partial charge in [-0.1, -0.05) is 25.4 Å². The lowest BCUT2D eigenvalue weighted by molar-refractivity contribution is -0.124. The maximum atomic E-state index is 11.6. The van der Waals surface area contributed by atoms with Gasteiger partial charge in [0.15, 0.2) is 11.7 Å². The van der Waals surface area contributed by atoms with E-state index in [0.29, 0.717) is 10.8 Å². The van der Waals surface area contributed by atoms with Crippen LogP contribution in [-0.4, -0.2) is 23.5 Å². The summed E-state index contributed by atoms with van der Waals surface area (Å²) in [7, 11) is 0. The first-order valence-electron chi connectivity index (χ1n) is 6.58. The van der Waals surface area contributed by atoms with Crippen LogP contribution in [0.2, 0.25) is 5.02 Å². The Kier molecular flexibility index (Phi) is 7.07. The van der Waals surface area contributed by atoms with Gasteiger partial charge in [-0.25, -0.2) is 0 Å². The second kappa shape index (κ2) is 8.55. The second-order valence-electron chi connectivity index (χ2n) is 4.85. The van der Waals surface area contributed by atoms with Gasteiger partial charge in [0.1, 0.15) is 5.75 Å². The van der Waals surface area contributed by atoms with Crippen LogP contribution in [0.3, 0.4) is 0 Å². The summed E-state index contributed by atoms with van der Waals surface area (Å²) in [5, 5.41) is 3.09. The number of aryl methyl sites for hydroxylation is 1. The molecule has 6 nitrogen and oxygen atoms in total. The first kappa shape index (κ1) is 18.2. The first-order valence-corrected chi connectivity index (χ1v) is 7.37. The molecule has 0 bridgehead atoms. The number of carbonyl (C=O) groups excluding carboxylic acids is 2. The summed E-state index contributed by atoms with van der Waals surface area (Å²) in [6.45, 7) is 5.11. The highest BCUT2D eigenvalue weighted by Crippen LogP contribution is 2.20. The van der Waals surface area contributed by atoms with Crippen LogP contribution >= 0.6 is 23.8 Å². The van der Waals surface area contributed by atoms with E-state index in [1.165, 1.54) is 0 Å². The van der Waals surface area contributed by atoms with Gasteiger partial charge in [0.05, 0.1) is 0 Å². The molecular formula is C14H18ClN3O3S. The average Bonchev–Trinajstić information content (AvgIpc) is 2.46. The van der Waals surface area contributed by atoms with E-state index in [1.54, 1.807) is 32.0 Å². The fourth-order valence-electron chi connectivity index (χ4n) is 1.31. The summed E-state index contributed by atoms with van der Waals surface area (Å²) in [5.41, 5.74) is 5.61. The van der Waals surface area contributed by atoms with Crippen molar-refractivity contribution >= 4 is 40.7 Å². The lowest BCUT2D eigenvalue weighted by Gasteiger charge is -2.12. The van der Waals surface area contributed by atoms with Crippen molar-refractivity contribution in [1.29, 1.82) is 0 Å². The van der Waals surface area contributed by atoms with Crippen LogP contribution in [0, 0.1) is 12.8 Å². The molecule has 0 heterocycles. The summed E-state index contributed by atoms with van der Waals surface area (Å²) in [6, 6.07) is 5.10. The number of carbonyl (C=O) groups is 2. The molecule has 1 aromatic carbocycles. The van der Waals surface area contributed by atoms with E-state index in [0.717, 1.165) is 5.56 Å². The van der Waals surface area contributed by atoms with Crippen molar-refractivity contribution in [2.75, 3.05) is 6.61 Å². The zero-order valence-corrected chi connectivity index (χ0v) is 14.1. The van der Waals surface area contributed by atoms with Crippen LogP contribution in [0.15, 0.2) is 18.2 Å². The van der Waals surface area contributed by atoms with Crippen LogP contribution < -0.4 is 20.9 Å². The fourth-order valence-corrected chi connectivity index (χ4v) is 1.58. The van der Waals surface area contributed by atoms with Gasteiger partial charge in [0, 0.05) is 10.9 Å². The number of nitrogens with one attached hydrogen (secondary N) is 3. The van der Waals surface area contributed by atoms with E-state index in [-0.39, 0.29) is 23.5 Å². The molecule has 8 heteroatoms. The predicted octanol–water partition coefficient (Wildman–Crippen LogP) is 1.71. The van der Waals surface area contributed by atoms with Gasteiger partial charge in [0.25, 0.3) is 5.91 Å². The van der Waals surface area contributed by atoms with Gasteiger partial charge >= 0.3 is 0 Å². The van der Waals surface area contributed by atoms with Crippen molar-refractivity contribution in [3.63, 3.8) is 0 Å². The minimum Gasteiger partial charge on any atom is -0.484 e. The molecule has 0 aliphatic carbocycles. The zero-order valence-electron chi connectivity index (χ0n) is 12.5. The van der Waals surface area contributed by atoms with Crippen molar-refractivity contribution in [3.8, 4) is 5.75 Å². The molecular weight excluding hydrogens is 326 g/mol. The number of ether oxygens (including phenoxy) is 1. The number of amides is 2. The Hall–Kier alpha value is -1.86. The Balaban J connectivity index is 2.33. The lowest BCUT2D eigenvalue weighted by Crippen LogP contribution is -2.50. The number of hydrogen-bond acceptors (Lipinski definition) is 4. The van der Waals surface area contributed by atoms with Crippen molar-refractivity contribution < 1.29 is 14.3 Å². The number of rotatable bonds is 4. The molecule has 0 fully saturated rings. The maximum Gasteiger partial charge on any atom is 0.276 e. The van der Waals surface area contributed by atoms with Crippen molar-refractivity contribution in [1.82, 2.24) is 16.2 Å². The summed E-state index contributed by atoms with van der Waals surface area (Å²) in [6.07, 6.45) is 0. The second-order valence-corrected chi connectivity index (χ2v) is 5.66. The summed E-state index contributed by atoms with van der Waals surface area (Å²) in [5.74, 6) is -0.340. The van der Waals surface area contributed by atoms with E-state index >= 15 is 0 Å². The molecule has 0 atom stereocenters. The first-order chi connectivity index (χ1) is 10.3. The van der Waals surface area contributed by atoms with E-state index in [4.69, 9.17) is 28.6 Å². The van der Waals surface area contributed by atoms with E-state index in [9.17, 15) is 9.59 Å². The standard InChI is InChI=1S/C14H18ClN3O3S/c1-8(2)13(20)16-14(22)18-17-12(19)7-21-10-4-5-11(15)9(3)6-10/h4-6,8H,7H2,1-3H3,(H,17,19)(H2,16,18,20,22). The van der Waals surface area contributed by atoms with Crippen LogP contribution in [-0.2, 0) is 9.59 Å². The third kappa shape index (κ3) is 6.28. The van der Waals surface area contributed by atoms with E-state index in [2.05, 4.69) is 16.2 Å². The monoisotopic (exact) mass is 343 g/mol. The van der Waals surface area contributed by atoms with Gasteiger partial charge in [-0.15, -0.1) is 0 Å². The van der Waals surface area contributed by atoms with Crippen LogP contribution in [0.5, 0.6) is 5.75 Å². The summed E-state index contributed by atoms with van der Waals surface area (Å²) in [4.78, 5) is 23.0. The summed E-state index contributed by atoms with van der Waals surface area (Å²) >= 11 is 10.8.